The van der Waals surface area contributed by atoms with Gasteiger partial charge in [-0.2, -0.15) is 22.8 Å². The summed E-state index contributed by atoms with van der Waals surface area (Å²) >= 11 is 0. The van der Waals surface area contributed by atoms with Crippen molar-refractivity contribution in [3.05, 3.63) is 77.7 Å². The summed E-state index contributed by atoms with van der Waals surface area (Å²) in [4.78, 5) is 12.7. The van der Waals surface area contributed by atoms with E-state index < -0.39 is 17.6 Å². The molecule has 0 atom stereocenters. The molecule has 0 aliphatic rings. The molecule has 4 rings (SSSR count). The SMILES string of the molecule is COc1ccccc1-c1cc(C(=O)NCc2cccc(C(F)(F)F)c2)nn2cnnc12. The smallest absolute Gasteiger partial charge is 0.416 e. The van der Waals surface area contributed by atoms with Crippen LogP contribution in [-0.2, 0) is 12.7 Å². The number of aromatic nitrogens is 4. The third kappa shape index (κ3) is 4.18. The number of carbonyl (C=O) groups excluding carboxylic acids is 1. The Morgan fingerprint density at radius 2 is 1.90 bits per heavy atom. The molecular formula is C21H16F3N5O2. The Labute approximate surface area is 174 Å². The maximum Gasteiger partial charge on any atom is 0.416 e. The number of fused-ring (bicyclic) bond motifs is 1. The van der Waals surface area contributed by atoms with Crippen LogP contribution in [0.25, 0.3) is 16.8 Å². The van der Waals surface area contributed by atoms with Gasteiger partial charge in [0.05, 0.1) is 12.7 Å². The van der Waals surface area contributed by atoms with Crippen molar-refractivity contribution in [2.24, 2.45) is 0 Å². The lowest BCUT2D eigenvalue weighted by Gasteiger charge is -2.11. The van der Waals surface area contributed by atoms with Crippen LogP contribution in [0.15, 0.2) is 60.9 Å². The minimum Gasteiger partial charge on any atom is -0.496 e. The molecule has 0 radical (unpaired) electrons. The molecule has 1 amide bonds. The molecule has 0 aliphatic heterocycles. The molecule has 0 saturated carbocycles. The molecule has 0 unspecified atom stereocenters. The number of hydrogen-bond donors (Lipinski definition) is 1. The number of halogens is 3. The van der Waals surface area contributed by atoms with E-state index in [0.717, 1.165) is 12.1 Å². The first-order chi connectivity index (χ1) is 14.9. The van der Waals surface area contributed by atoms with Crippen LogP contribution >= 0.6 is 0 Å². The number of alkyl halides is 3. The van der Waals surface area contributed by atoms with Crippen LogP contribution in [0.2, 0.25) is 0 Å². The number of hydrogen-bond acceptors (Lipinski definition) is 5. The minimum atomic E-state index is -4.45. The van der Waals surface area contributed by atoms with Gasteiger partial charge in [0.15, 0.2) is 5.65 Å². The lowest BCUT2D eigenvalue weighted by molar-refractivity contribution is -0.137. The van der Waals surface area contributed by atoms with E-state index in [4.69, 9.17) is 4.74 Å². The Hall–Kier alpha value is -3.95. The number of ether oxygens (including phenoxy) is 1. The van der Waals surface area contributed by atoms with Gasteiger partial charge in [0.25, 0.3) is 5.91 Å². The number of nitrogens with one attached hydrogen (secondary N) is 1. The number of nitrogens with zero attached hydrogens (tertiary/aromatic N) is 4. The lowest BCUT2D eigenvalue weighted by Crippen LogP contribution is -2.25. The lowest BCUT2D eigenvalue weighted by atomic mass is 10.1. The third-order valence-corrected chi connectivity index (χ3v) is 4.61. The molecule has 0 bridgehead atoms. The monoisotopic (exact) mass is 427 g/mol. The van der Waals surface area contributed by atoms with Gasteiger partial charge in [-0.1, -0.05) is 30.3 Å². The fourth-order valence-electron chi connectivity index (χ4n) is 3.13. The average Bonchev–Trinajstić information content (AvgIpc) is 3.25. The quantitative estimate of drug-likeness (QED) is 0.525. The van der Waals surface area contributed by atoms with Gasteiger partial charge < -0.3 is 10.1 Å². The molecule has 0 spiro atoms. The summed E-state index contributed by atoms with van der Waals surface area (Å²) in [5, 5.41) is 14.7. The Kier molecular flexibility index (Phi) is 5.28. The first kappa shape index (κ1) is 20.3. The predicted octanol–water partition coefficient (Wildman–Crippen LogP) is 3.75. The summed E-state index contributed by atoms with van der Waals surface area (Å²) in [6.07, 6.45) is -3.09. The predicted molar refractivity (Wildman–Crippen MR) is 105 cm³/mol. The molecular weight excluding hydrogens is 411 g/mol. The molecule has 7 nitrogen and oxygen atoms in total. The zero-order valence-corrected chi connectivity index (χ0v) is 16.2. The van der Waals surface area contributed by atoms with E-state index in [-0.39, 0.29) is 12.2 Å². The van der Waals surface area contributed by atoms with Crippen molar-refractivity contribution in [3.8, 4) is 16.9 Å². The molecule has 10 heteroatoms. The fourth-order valence-corrected chi connectivity index (χ4v) is 3.13. The molecule has 2 aromatic heterocycles. The van der Waals surface area contributed by atoms with E-state index >= 15 is 0 Å². The summed E-state index contributed by atoms with van der Waals surface area (Å²) in [7, 11) is 1.53. The van der Waals surface area contributed by atoms with Gasteiger partial charge in [-0.3, -0.25) is 4.79 Å². The standard InChI is InChI=1S/C21H16F3N5O2/c1-31-18-8-3-2-7-15(18)16-10-17(28-29-12-26-27-19(16)29)20(30)25-11-13-5-4-6-14(9-13)21(22,23)24/h2-10,12H,11H2,1H3,(H,25,30). The molecule has 0 fully saturated rings. The van der Waals surface area contributed by atoms with Crippen molar-refractivity contribution in [3.63, 3.8) is 0 Å². The van der Waals surface area contributed by atoms with Crippen molar-refractivity contribution in [1.29, 1.82) is 0 Å². The third-order valence-electron chi connectivity index (χ3n) is 4.61. The van der Waals surface area contributed by atoms with E-state index in [1.165, 1.54) is 30.1 Å². The average molecular weight is 427 g/mol. The Bertz CT molecular complexity index is 1250. The van der Waals surface area contributed by atoms with Crippen molar-refractivity contribution in [1.82, 2.24) is 25.1 Å². The van der Waals surface area contributed by atoms with Crippen LogP contribution in [0, 0.1) is 0 Å². The molecule has 2 heterocycles. The van der Waals surface area contributed by atoms with Gasteiger partial charge in [0, 0.05) is 17.7 Å². The van der Waals surface area contributed by atoms with Gasteiger partial charge in [-0.25, -0.2) is 0 Å². The summed E-state index contributed by atoms with van der Waals surface area (Å²) in [5.74, 6) is 0.0260. The van der Waals surface area contributed by atoms with E-state index in [0.29, 0.717) is 28.1 Å². The number of methoxy groups -OCH3 is 1. The number of carbonyl (C=O) groups is 1. The highest BCUT2D eigenvalue weighted by Crippen LogP contribution is 2.32. The van der Waals surface area contributed by atoms with E-state index in [1.807, 2.05) is 18.2 Å². The van der Waals surface area contributed by atoms with Crippen LogP contribution in [0.4, 0.5) is 13.2 Å². The number of amides is 1. The fraction of sp³-hybridized carbons (Fsp3) is 0.143. The highest BCUT2D eigenvalue weighted by Gasteiger charge is 2.30. The number of rotatable bonds is 5. The van der Waals surface area contributed by atoms with E-state index in [2.05, 4.69) is 20.6 Å². The normalized spacial score (nSPS) is 11.5. The van der Waals surface area contributed by atoms with E-state index in [9.17, 15) is 18.0 Å². The summed E-state index contributed by atoms with van der Waals surface area (Å²) in [6, 6.07) is 13.5. The van der Waals surface area contributed by atoms with Crippen LogP contribution in [0.5, 0.6) is 5.75 Å². The minimum absolute atomic E-state index is 0.0557. The topological polar surface area (TPSA) is 81.4 Å². The Morgan fingerprint density at radius 3 is 2.68 bits per heavy atom. The Morgan fingerprint density at radius 1 is 1.10 bits per heavy atom. The maximum atomic E-state index is 12.9. The van der Waals surface area contributed by atoms with E-state index in [1.54, 1.807) is 12.1 Å². The van der Waals surface area contributed by atoms with Gasteiger partial charge in [-0.05, 0) is 29.8 Å². The maximum absolute atomic E-state index is 12.9. The van der Waals surface area contributed by atoms with Crippen molar-refractivity contribution in [2.45, 2.75) is 12.7 Å². The molecule has 2 aromatic carbocycles. The molecule has 158 valence electrons. The van der Waals surface area contributed by atoms with Crippen LogP contribution in [-0.4, -0.2) is 32.8 Å². The number of benzene rings is 2. The second-order valence-electron chi connectivity index (χ2n) is 6.62. The van der Waals surface area contributed by atoms with Gasteiger partial charge in [0.1, 0.15) is 17.8 Å². The zero-order chi connectivity index (χ0) is 22.0. The van der Waals surface area contributed by atoms with Crippen molar-refractivity contribution in [2.75, 3.05) is 7.11 Å². The summed E-state index contributed by atoms with van der Waals surface area (Å²) in [5.41, 5.74) is 1.30. The first-order valence-corrected chi connectivity index (χ1v) is 9.15. The molecule has 0 saturated heterocycles. The first-order valence-electron chi connectivity index (χ1n) is 9.15. The second-order valence-corrected chi connectivity index (χ2v) is 6.62. The molecule has 31 heavy (non-hydrogen) atoms. The van der Waals surface area contributed by atoms with Crippen LogP contribution in [0.3, 0.4) is 0 Å². The summed E-state index contributed by atoms with van der Waals surface area (Å²) < 4.78 is 45.4. The highest BCUT2D eigenvalue weighted by molar-refractivity contribution is 5.95. The highest BCUT2D eigenvalue weighted by atomic mass is 19.4. The van der Waals surface area contributed by atoms with Gasteiger partial charge in [0.2, 0.25) is 0 Å². The van der Waals surface area contributed by atoms with Crippen LogP contribution in [0.1, 0.15) is 21.6 Å². The molecule has 1 N–H and O–H groups in total. The Balaban J connectivity index is 1.64. The van der Waals surface area contributed by atoms with Gasteiger partial charge in [-0.15, -0.1) is 10.2 Å². The van der Waals surface area contributed by atoms with Crippen molar-refractivity contribution >= 4 is 11.6 Å². The zero-order valence-electron chi connectivity index (χ0n) is 16.2. The van der Waals surface area contributed by atoms with Gasteiger partial charge >= 0.3 is 6.18 Å². The molecule has 0 aliphatic carbocycles. The van der Waals surface area contributed by atoms with Crippen molar-refractivity contribution < 1.29 is 22.7 Å². The van der Waals surface area contributed by atoms with Crippen LogP contribution < -0.4 is 10.1 Å². The largest absolute Gasteiger partial charge is 0.496 e. The summed E-state index contributed by atoms with van der Waals surface area (Å²) in [6.45, 7) is -0.0887. The number of para-hydroxylation sites is 1. The molecule has 4 aromatic rings. The second kappa shape index (κ2) is 8.05.